The minimum absolute atomic E-state index is 0.0550. The van der Waals surface area contributed by atoms with Crippen LogP contribution in [0.1, 0.15) is 40.8 Å². The van der Waals surface area contributed by atoms with E-state index in [4.69, 9.17) is 0 Å². The van der Waals surface area contributed by atoms with Crippen LogP contribution in [0.2, 0.25) is 0 Å². The average Bonchev–Trinajstić information content (AvgIpc) is 2.97. The molecule has 114 valence electrons. The number of rotatable bonds is 6. The second kappa shape index (κ2) is 6.56. The highest BCUT2D eigenvalue weighted by molar-refractivity contribution is 5.94. The predicted octanol–water partition coefficient (Wildman–Crippen LogP) is 1.84. The molecule has 1 amide bonds. The van der Waals surface area contributed by atoms with Gasteiger partial charge in [-0.25, -0.2) is 0 Å². The Bertz CT molecular complexity index is 626. The van der Waals surface area contributed by atoms with Crippen molar-refractivity contribution in [1.82, 2.24) is 24.9 Å². The van der Waals surface area contributed by atoms with E-state index in [0.29, 0.717) is 12.1 Å². The lowest BCUT2D eigenvalue weighted by atomic mass is 10.2. The zero-order valence-electron chi connectivity index (χ0n) is 13.2. The summed E-state index contributed by atoms with van der Waals surface area (Å²) >= 11 is 0. The Morgan fingerprint density at radius 2 is 2.05 bits per heavy atom. The molecule has 6 heteroatoms. The minimum Gasteiger partial charge on any atom is -0.352 e. The smallest absolute Gasteiger partial charge is 0.254 e. The first-order chi connectivity index (χ1) is 10.0. The molecule has 21 heavy (non-hydrogen) atoms. The van der Waals surface area contributed by atoms with E-state index >= 15 is 0 Å². The Hall–Kier alpha value is -2.11. The molecule has 0 aliphatic carbocycles. The molecule has 2 aromatic heterocycles. The number of carbonyl (C=O) groups is 1. The van der Waals surface area contributed by atoms with Crippen LogP contribution in [0.3, 0.4) is 0 Å². The van der Waals surface area contributed by atoms with Gasteiger partial charge in [0.2, 0.25) is 0 Å². The molecule has 0 aliphatic heterocycles. The lowest BCUT2D eigenvalue weighted by Gasteiger charge is -2.07. The van der Waals surface area contributed by atoms with Gasteiger partial charge in [0.05, 0.1) is 17.5 Å². The molecule has 0 unspecified atom stereocenters. The van der Waals surface area contributed by atoms with Gasteiger partial charge in [-0.15, -0.1) is 0 Å². The first-order valence-corrected chi connectivity index (χ1v) is 7.34. The van der Waals surface area contributed by atoms with E-state index in [1.807, 2.05) is 37.1 Å². The summed E-state index contributed by atoms with van der Waals surface area (Å²) in [6, 6.07) is 2.06. The van der Waals surface area contributed by atoms with Crippen LogP contribution in [0, 0.1) is 20.8 Å². The molecule has 0 atom stereocenters. The van der Waals surface area contributed by atoms with Crippen LogP contribution in [0.25, 0.3) is 0 Å². The highest BCUT2D eigenvalue weighted by Gasteiger charge is 2.12. The molecule has 0 fully saturated rings. The number of amides is 1. The number of hydrogen-bond donors (Lipinski definition) is 1. The third-order valence-electron chi connectivity index (χ3n) is 3.58. The van der Waals surface area contributed by atoms with Gasteiger partial charge in [-0.1, -0.05) is 0 Å². The molecule has 1 N–H and O–H groups in total. The van der Waals surface area contributed by atoms with Gasteiger partial charge in [-0.05, 0) is 40.2 Å². The second-order valence-electron chi connectivity index (χ2n) is 5.22. The lowest BCUT2D eigenvalue weighted by molar-refractivity contribution is 0.0952. The number of nitrogens with one attached hydrogen (secondary N) is 1. The van der Waals surface area contributed by atoms with Crippen molar-refractivity contribution >= 4 is 5.91 Å². The molecule has 2 aromatic rings. The Balaban J connectivity index is 1.82. The van der Waals surface area contributed by atoms with E-state index in [0.717, 1.165) is 36.6 Å². The quantitative estimate of drug-likeness (QED) is 0.825. The van der Waals surface area contributed by atoms with Crippen LogP contribution >= 0.6 is 0 Å². The summed E-state index contributed by atoms with van der Waals surface area (Å²) in [5.41, 5.74) is 3.74. The Labute approximate surface area is 125 Å². The van der Waals surface area contributed by atoms with Gasteiger partial charge in [0, 0.05) is 31.0 Å². The number of carbonyl (C=O) groups excluding carboxylic acids is 1. The van der Waals surface area contributed by atoms with Gasteiger partial charge in [-0.3, -0.25) is 14.2 Å². The largest absolute Gasteiger partial charge is 0.352 e. The number of aromatic nitrogens is 4. The van der Waals surface area contributed by atoms with Gasteiger partial charge in [0.15, 0.2) is 0 Å². The molecule has 2 heterocycles. The summed E-state index contributed by atoms with van der Waals surface area (Å²) in [4.78, 5) is 12.1. The molecular formula is C15H23N5O. The molecule has 0 aromatic carbocycles. The van der Waals surface area contributed by atoms with E-state index < -0.39 is 0 Å². The molecule has 0 bridgehead atoms. The van der Waals surface area contributed by atoms with E-state index in [1.54, 1.807) is 6.20 Å². The van der Waals surface area contributed by atoms with Crippen LogP contribution in [-0.4, -0.2) is 32.0 Å². The van der Waals surface area contributed by atoms with Crippen molar-refractivity contribution in [2.24, 2.45) is 0 Å². The van der Waals surface area contributed by atoms with E-state index in [2.05, 4.69) is 21.6 Å². The van der Waals surface area contributed by atoms with Crippen LogP contribution in [0.15, 0.2) is 12.3 Å². The third kappa shape index (κ3) is 3.51. The first kappa shape index (κ1) is 15.3. The van der Waals surface area contributed by atoms with Crippen molar-refractivity contribution in [3.63, 3.8) is 0 Å². The number of nitrogens with zero attached hydrogens (tertiary/aromatic N) is 4. The average molecular weight is 289 g/mol. The minimum atomic E-state index is -0.0550. The molecule has 0 saturated carbocycles. The standard InChI is InChI=1S/C15H23N5O/c1-5-19-13(4)14(10-17-19)15(21)16-7-6-8-20-12(3)9-11(2)18-20/h9-10H,5-8H2,1-4H3,(H,16,21). The zero-order chi connectivity index (χ0) is 15.4. The molecule has 0 saturated heterocycles. The fourth-order valence-electron chi connectivity index (χ4n) is 2.42. The van der Waals surface area contributed by atoms with Crippen molar-refractivity contribution in [2.45, 2.75) is 47.2 Å². The van der Waals surface area contributed by atoms with Gasteiger partial charge in [0.1, 0.15) is 0 Å². The SMILES string of the molecule is CCn1ncc(C(=O)NCCCn2nc(C)cc2C)c1C. The van der Waals surface area contributed by atoms with Crippen molar-refractivity contribution in [2.75, 3.05) is 6.54 Å². The van der Waals surface area contributed by atoms with Gasteiger partial charge < -0.3 is 5.32 Å². The molecule has 0 aliphatic rings. The summed E-state index contributed by atoms with van der Waals surface area (Å²) in [6.07, 6.45) is 2.49. The summed E-state index contributed by atoms with van der Waals surface area (Å²) < 4.78 is 3.80. The van der Waals surface area contributed by atoms with Gasteiger partial charge in [-0.2, -0.15) is 10.2 Å². The topological polar surface area (TPSA) is 64.7 Å². The molecule has 0 radical (unpaired) electrons. The van der Waals surface area contributed by atoms with Gasteiger partial charge >= 0.3 is 0 Å². The normalized spacial score (nSPS) is 10.9. The Morgan fingerprint density at radius 3 is 2.62 bits per heavy atom. The maximum atomic E-state index is 12.1. The maximum absolute atomic E-state index is 12.1. The van der Waals surface area contributed by atoms with E-state index in [-0.39, 0.29) is 5.91 Å². The first-order valence-electron chi connectivity index (χ1n) is 7.34. The van der Waals surface area contributed by atoms with E-state index in [1.165, 1.54) is 0 Å². The Kier molecular flexibility index (Phi) is 4.77. The van der Waals surface area contributed by atoms with Crippen LogP contribution in [0.4, 0.5) is 0 Å². The van der Waals surface area contributed by atoms with Crippen LogP contribution in [0.5, 0.6) is 0 Å². The predicted molar refractivity (Wildman–Crippen MR) is 81.3 cm³/mol. The fraction of sp³-hybridized carbons (Fsp3) is 0.533. The molecular weight excluding hydrogens is 266 g/mol. The summed E-state index contributed by atoms with van der Waals surface area (Å²) in [5.74, 6) is -0.0550. The molecule has 0 spiro atoms. The maximum Gasteiger partial charge on any atom is 0.254 e. The number of aryl methyl sites for hydroxylation is 4. The summed E-state index contributed by atoms with van der Waals surface area (Å²) in [7, 11) is 0. The highest BCUT2D eigenvalue weighted by atomic mass is 16.1. The van der Waals surface area contributed by atoms with E-state index in [9.17, 15) is 4.79 Å². The van der Waals surface area contributed by atoms with Crippen molar-refractivity contribution in [3.8, 4) is 0 Å². The van der Waals surface area contributed by atoms with Crippen LogP contribution in [-0.2, 0) is 13.1 Å². The monoisotopic (exact) mass is 289 g/mol. The van der Waals surface area contributed by atoms with Gasteiger partial charge in [0.25, 0.3) is 5.91 Å². The molecule has 2 rings (SSSR count). The number of hydrogen-bond acceptors (Lipinski definition) is 3. The summed E-state index contributed by atoms with van der Waals surface area (Å²) in [6.45, 7) is 10.2. The van der Waals surface area contributed by atoms with Crippen molar-refractivity contribution < 1.29 is 4.79 Å². The highest BCUT2D eigenvalue weighted by Crippen LogP contribution is 2.07. The van der Waals surface area contributed by atoms with Crippen molar-refractivity contribution in [1.29, 1.82) is 0 Å². The fourth-order valence-corrected chi connectivity index (χ4v) is 2.42. The Morgan fingerprint density at radius 1 is 1.29 bits per heavy atom. The van der Waals surface area contributed by atoms with Crippen molar-refractivity contribution in [3.05, 3.63) is 34.9 Å². The lowest BCUT2D eigenvalue weighted by Crippen LogP contribution is -2.26. The zero-order valence-corrected chi connectivity index (χ0v) is 13.2. The third-order valence-corrected chi connectivity index (χ3v) is 3.58. The molecule has 6 nitrogen and oxygen atoms in total. The summed E-state index contributed by atoms with van der Waals surface area (Å²) in [5, 5.41) is 11.5. The van der Waals surface area contributed by atoms with Crippen LogP contribution < -0.4 is 5.32 Å². The second-order valence-corrected chi connectivity index (χ2v) is 5.22.